The molecule has 2 heterocycles. The zero-order valence-electron chi connectivity index (χ0n) is 16.0. The molecule has 30 heavy (non-hydrogen) atoms. The molecule has 10 nitrogen and oxygen atoms in total. The number of nitrogens with zero attached hydrogens (tertiary/aromatic N) is 6. The number of phenolic OH excluding ortho intramolecular Hbond substituents is 2. The zero-order chi connectivity index (χ0) is 20.8. The van der Waals surface area contributed by atoms with Gasteiger partial charge in [-0.05, 0) is 36.4 Å². The van der Waals surface area contributed by atoms with Crippen molar-refractivity contribution < 1.29 is 19.7 Å². The van der Waals surface area contributed by atoms with Gasteiger partial charge in [-0.2, -0.15) is 0 Å². The largest absolute Gasteiger partial charge is 0.505 e. The lowest BCUT2D eigenvalue weighted by molar-refractivity contribution is 0.415. The third-order valence-corrected chi connectivity index (χ3v) is 4.70. The number of aromatic nitrogens is 6. The number of methoxy groups -OCH3 is 2. The van der Waals surface area contributed by atoms with Crippen LogP contribution in [0.4, 0.5) is 0 Å². The average Bonchev–Trinajstić information content (AvgIpc) is 3.36. The van der Waals surface area contributed by atoms with Crippen molar-refractivity contribution in [3.8, 4) is 34.4 Å². The van der Waals surface area contributed by atoms with Crippen molar-refractivity contribution in [2.24, 2.45) is 0 Å². The molecule has 0 atom stereocenters. The first-order chi connectivity index (χ1) is 14.6. The van der Waals surface area contributed by atoms with Gasteiger partial charge in [-0.3, -0.25) is 0 Å². The smallest absolute Gasteiger partial charge is 0.174 e. The molecule has 0 bridgehead atoms. The van der Waals surface area contributed by atoms with Gasteiger partial charge in [0.15, 0.2) is 11.4 Å². The van der Waals surface area contributed by atoms with Crippen LogP contribution in [0.3, 0.4) is 0 Å². The van der Waals surface area contributed by atoms with E-state index in [1.807, 2.05) is 0 Å². The van der Waals surface area contributed by atoms with E-state index in [4.69, 9.17) is 9.47 Å². The Labute approximate surface area is 169 Å². The number of benzene rings is 3. The molecule has 0 aliphatic carbocycles. The number of hydrogen-bond donors (Lipinski definition) is 2. The van der Waals surface area contributed by atoms with E-state index in [0.29, 0.717) is 33.6 Å². The lowest BCUT2D eigenvalue weighted by atomic mass is 10.2. The molecule has 10 heteroatoms. The number of fused-ring (bicyclic) bond motifs is 2. The topological polar surface area (TPSA) is 120 Å². The molecule has 0 fully saturated rings. The predicted molar refractivity (Wildman–Crippen MR) is 108 cm³/mol. The van der Waals surface area contributed by atoms with Gasteiger partial charge in [-0.25, -0.2) is 0 Å². The minimum absolute atomic E-state index is 0.0154. The fourth-order valence-electron chi connectivity index (χ4n) is 3.17. The van der Waals surface area contributed by atoms with Gasteiger partial charge < -0.3 is 19.7 Å². The molecule has 0 unspecified atom stereocenters. The lowest BCUT2D eigenvalue weighted by Gasteiger charge is -2.09. The summed E-state index contributed by atoms with van der Waals surface area (Å²) < 4.78 is 10.4. The second-order valence-corrected chi connectivity index (χ2v) is 6.49. The second-order valence-electron chi connectivity index (χ2n) is 6.49. The van der Waals surface area contributed by atoms with Crippen LogP contribution < -0.4 is 9.47 Å². The highest BCUT2D eigenvalue weighted by molar-refractivity contribution is 5.77. The summed E-state index contributed by atoms with van der Waals surface area (Å²) in [7, 11) is 3.13. The van der Waals surface area contributed by atoms with Gasteiger partial charge in [-0.1, -0.05) is 0 Å². The molecule has 0 spiro atoms. The van der Waals surface area contributed by atoms with E-state index in [-0.39, 0.29) is 22.9 Å². The van der Waals surface area contributed by atoms with Crippen molar-refractivity contribution in [2.45, 2.75) is 0 Å². The number of rotatable bonds is 4. The van der Waals surface area contributed by atoms with Crippen LogP contribution in [0.1, 0.15) is 0 Å². The van der Waals surface area contributed by atoms with E-state index in [2.05, 4.69) is 20.4 Å². The number of hydrogen-bond acceptors (Lipinski definition) is 8. The summed E-state index contributed by atoms with van der Waals surface area (Å²) in [5, 5.41) is 38.8. The van der Waals surface area contributed by atoms with E-state index in [9.17, 15) is 10.2 Å². The summed E-state index contributed by atoms with van der Waals surface area (Å²) in [4.78, 5) is 2.46. The van der Waals surface area contributed by atoms with Gasteiger partial charge >= 0.3 is 0 Å². The van der Waals surface area contributed by atoms with Crippen LogP contribution >= 0.6 is 0 Å². The summed E-state index contributed by atoms with van der Waals surface area (Å²) in [5.74, 6) is 0.809. The second kappa shape index (κ2) is 6.62. The average molecular weight is 404 g/mol. The fourth-order valence-corrected chi connectivity index (χ4v) is 3.17. The molecule has 0 radical (unpaired) electrons. The SMILES string of the molecule is COc1ccc2nn(-c3ccc(O)c(-n4nc5ccc(OC)cc5n4)c3O)nc2c1. The first-order valence-electron chi connectivity index (χ1n) is 8.95. The predicted octanol–water partition coefficient (Wildman–Crippen LogP) is 2.58. The van der Waals surface area contributed by atoms with Crippen molar-refractivity contribution >= 4 is 22.1 Å². The van der Waals surface area contributed by atoms with Crippen LogP contribution in [0.2, 0.25) is 0 Å². The van der Waals surface area contributed by atoms with Crippen molar-refractivity contribution in [3.63, 3.8) is 0 Å². The van der Waals surface area contributed by atoms with Gasteiger partial charge in [0.2, 0.25) is 0 Å². The Balaban J connectivity index is 1.65. The van der Waals surface area contributed by atoms with Crippen molar-refractivity contribution in [1.82, 2.24) is 30.0 Å². The maximum absolute atomic E-state index is 10.9. The van der Waals surface area contributed by atoms with Crippen molar-refractivity contribution in [3.05, 3.63) is 48.5 Å². The maximum atomic E-state index is 10.9. The molecule has 3 aromatic carbocycles. The minimum Gasteiger partial charge on any atom is -0.505 e. The Bertz CT molecular complexity index is 1410. The third-order valence-electron chi connectivity index (χ3n) is 4.70. The normalized spacial score (nSPS) is 11.3. The molecular weight excluding hydrogens is 388 g/mol. The van der Waals surface area contributed by atoms with Crippen molar-refractivity contribution in [2.75, 3.05) is 14.2 Å². The molecule has 0 aliphatic heterocycles. The molecule has 5 aromatic rings. The van der Waals surface area contributed by atoms with Crippen LogP contribution in [-0.4, -0.2) is 54.4 Å². The number of aromatic hydroxyl groups is 2. The minimum atomic E-state index is -0.269. The van der Waals surface area contributed by atoms with E-state index in [1.54, 1.807) is 50.6 Å². The molecule has 2 N–H and O–H groups in total. The fraction of sp³-hybridized carbons (Fsp3) is 0.100. The van der Waals surface area contributed by atoms with Gasteiger partial charge in [-0.15, -0.1) is 30.0 Å². The summed E-state index contributed by atoms with van der Waals surface area (Å²) in [6.45, 7) is 0. The summed E-state index contributed by atoms with van der Waals surface area (Å²) >= 11 is 0. The highest BCUT2D eigenvalue weighted by Crippen LogP contribution is 2.36. The Morgan fingerprint density at radius 3 is 1.80 bits per heavy atom. The first kappa shape index (κ1) is 17.7. The molecule has 2 aromatic heterocycles. The first-order valence-corrected chi connectivity index (χ1v) is 8.95. The molecule has 0 saturated carbocycles. The van der Waals surface area contributed by atoms with Crippen LogP contribution in [0.15, 0.2) is 48.5 Å². The maximum Gasteiger partial charge on any atom is 0.174 e. The zero-order valence-corrected chi connectivity index (χ0v) is 16.0. The lowest BCUT2D eigenvalue weighted by Crippen LogP contribution is -2.04. The Hall–Kier alpha value is -4.34. The number of phenols is 2. The molecular formula is C20H16N6O4. The van der Waals surface area contributed by atoms with Crippen LogP contribution in [0.25, 0.3) is 33.4 Å². The monoisotopic (exact) mass is 404 g/mol. The highest BCUT2D eigenvalue weighted by Gasteiger charge is 2.20. The Morgan fingerprint density at radius 2 is 1.20 bits per heavy atom. The van der Waals surface area contributed by atoms with Crippen LogP contribution in [0, 0.1) is 0 Å². The van der Waals surface area contributed by atoms with Gasteiger partial charge in [0, 0.05) is 12.1 Å². The van der Waals surface area contributed by atoms with Gasteiger partial charge in [0.05, 0.1) is 14.2 Å². The molecule has 0 saturated heterocycles. The van der Waals surface area contributed by atoms with E-state index in [0.717, 1.165) is 0 Å². The highest BCUT2D eigenvalue weighted by atomic mass is 16.5. The molecule has 0 amide bonds. The van der Waals surface area contributed by atoms with Gasteiger partial charge in [0.1, 0.15) is 45.0 Å². The van der Waals surface area contributed by atoms with Gasteiger partial charge in [0.25, 0.3) is 0 Å². The standard InChI is InChI=1S/C20H16N6O4/c1-29-11-3-5-13-15(9-11)23-25(21-13)17-7-8-18(27)19(20(17)28)26-22-14-6-4-12(30-2)10-16(14)24-26/h3-10,27-28H,1-2H3. The van der Waals surface area contributed by atoms with Crippen LogP contribution in [0.5, 0.6) is 23.0 Å². The Kier molecular flexibility index (Phi) is 3.91. The van der Waals surface area contributed by atoms with E-state index >= 15 is 0 Å². The van der Waals surface area contributed by atoms with Crippen molar-refractivity contribution in [1.29, 1.82) is 0 Å². The number of ether oxygens (including phenoxy) is 2. The molecule has 0 aliphatic rings. The summed E-state index contributed by atoms with van der Waals surface area (Å²) in [5.41, 5.74) is 2.63. The van der Waals surface area contributed by atoms with E-state index < -0.39 is 0 Å². The molecule has 150 valence electrons. The van der Waals surface area contributed by atoms with Crippen LogP contribution in [-0.2, 0) is 0 Å². The Morgan fingerprint density at radius 1 is 0.667 bits per heavy atom. The quantitative estimate of drug-likeness (QED) is 0.469. The van der Waals surface area contributed by atoms with E-state index in [1.165, 1.54) is 21.7 Å². The summed E-state index contributed by atoms with van der Waals surface area (Å²) in [6, 6.07) is 13.4. The molecule has 5 rings (SSSR count). The summed E-state index contributed by atoms with van der Waals surface area (Å²) in [6.07, 6.45) is 0. The third kappa shape index (κ3) is 2.73.